The van der Waals surface area contributed by atoms with Crippen molar-refractivity contribution in [1.82, 2.24) is 20.2 Å². The summed E-state index contributed by atoms with van der Waals surface area (Å²) in [7, 11) is 0. The second kappa shape index (κ2) is 2.31. The molecule has 58 valence electrons. The van der Waals surface area contributed by atoms with Gasteiger partial charge in [0.1, 0.15) is 0 Å². The van der Waals surface area contributed by atoms with Crippen LogP contribution in [0.2, 0.25) is 0 Å². The summed E-state index contributed by atoms with van der Waals surface area (Å²) in [6.07, 6.45) is 1.75. The van der Waals surface area contributed by atoms with E-state index in [0.717, 1.165) is 4.80 Å². The first-order valence-electron chi connectivity index (χ1n) is 3.24. The van der Waals surface area contributed by atoms with Crippen LogP contribution in [0.4, 0.5) is 0 Å². The normalized spacial score (nSPS) is 11.1. The summed E-state index contributed by atoms with van der Waals surface area (Å²) in [6, 6.07) is 0. The summed E-state index contributed by atoms with van der Waals surface area (Å²) in [5.74, 6) is 0.582. The predicted molar refractivity (Wildman–Crippen MR) is 37.5 cm³/mol. The predicted octanol–water partition coefficient (Wildman–Crippen LogP) is 0.300. The number of nitrogens with zero attached hydrogens (tertiary/aromatic N) is 5. The fraction of sp³-hybridized carbons (Fsp3) is 0.667. The molecule has 0 fully saturated rings. The highest BCUT2D eigenvalue weighted by molar-refractivity contribution is 4.96. The highest BCUT2D eigenvalue weighted by atomic mass is 15.6. The first-order valence-corrected chi connectivity index (χ1v) is 3.24. The maximum absolute atomic E-state index is 8.36. The SMILES string of the molecule is CC(C)(C)c1nnn(C#N)n1. The van der Waals surface area contributed by atoms with Crippen molar-refractivity contribution in [2.24, 2.45) is 0 Å². The van der Waals surface area contributed by atoms with Crippen LogP contribution in [-0.2, 0) is 5.41 Å². The summed E-state index contributed by atoms with van der Waals surface area (Å²) in [4.78, 5) is 0.903. The Morgan fingerprint density at radius 3 is 2.36 bits per heavy atom. The minimum Gasteiger partial charge on any atom is -0.169 e. The molecule has 1 aromatic rings. The molecule has 0 aliphatic heterocycles. The average molecular weight is 151 g/mol. The maximum Gasteiger partial charge on any atom is 0.226 e. The molecule has 0 saturated heterocycles. The van der Waals surface area contributed by atoms with Crippen LogP contribution in [0.25, 0.3) is 0 Å². The number of tetrazole rings is 1. The van der Waals surface area contributed by atoms with Gasteiger partial charge < -0.3 is 0 Å². The van der Waals surface area contributed by atoms with E-state index in [0.29, 0.717) is 5.82 Å². The zero-order chi connectivity index (χ0) is 8.48. The largest absolute Gasteiger partial charge is 0.226 e. The van der Waals surface area contributed by atoms with Gasteiger partial charge in [-0.15, -0.1) is 10.2 Å². The molecule has 5 nitrogen and oxygen atoms in total. The quantitative estimate of drug-likeness (QED) is 0.534. The van der Waals surface area contributed by atoms with Crippen molar-refractivity contribution in [3.8, 4) is 6.19 Å². The van der Waals surface area contributed by atoms with Crippen molar-refractivity contribution in [2.75, 3.05) is 0 Å². The van der Waals surface area contributed by atoms with E-state index < -0.39 is 0 Å². The molecule has 0 amide bonds. The second-order valence-corrected chi connectivity index (χ2v) is 3.25. The monoisotopic (exact) mass is 151 g/mol. The molecule has 0 aromatic carbocycles. The Kier molecular flexibility index (Phi) is 1.61. The fourth-order valence-electron chi connectivity index (χ4n) is 0.557. The van der Waals surface area contributed by atoms with Crippen LogP contribution in [0.15, 0.2) is 0 Å². The van der Waals surface area contributed by atoms with Crippen LogP contribution >= 0.6 is 0 Å². The summed E-state index contributed by atoms with van der Waals surface area (Å²) in [5, 5.41) is 19.4. The lowest BCUT2D eigenvalue weighted by Crippen LogP contribution is -2.13. The van der Waals surface area contributed by atoms with Crippen LogP contribution in [0.1, 0.15) is 26.6 Å². The summed E-state index contributed by atoms with van der Waals surface area (Å²) in [5.41, 5.74) is -0.144. The van der Waals surface area contributed by atoms with E-state index in [1.165, 1.54) is 0 Å². The molecule has 0 radical (unpaired) electrons. The van der Waals surface area contributed by atoms with E-state index in [1.807, 2.05) is 20.8 Å². The number of rotatable bonds is 0. The number of hydrogen-bond donors (Lipinski definition) is 0. The molecule has 0 atom stereocenters. The lowest BCUT2D eigenvalue weighted by Gasteiger charge is -2.10. The summed E-state index contributed by atoms with van der Waals surface area (Å²) >= 11 is 0. The zero-order valence-corrected chi connectivity index (χ0v) is 6.74. The zero-order valence-electron chi connectivity index (χ0n) is 6.74. The molecule has 0 aliphatic rings. The van der Waals surface area contributed by atoms with Crippen LogP contribution in [-0.4, -0.2) is 20.2 Å². The molecular weight excluding hydrogens is 142 g/mol. The molecule has 0 unspecified atom stereocenters. The average Bonchev–Trinajstić information content (AvgIpc) is 2.32. The van der Waals surface area contributed by atoms with Crippen molar-refractivity contribution < 1.29 is 0 Å². The Labute approximate surface area is 64.6 Å². The number of aromatic nitrogens is 4. The van der Waals surface area contributed by atoms with Gasteiger partial charge in [-0.2, -0.15) is 5.26 Å². The minimum absolute atomic E-state index is 0.144. The van der Waals surface area contributed by atoms with Crippen molar-refractivity contribution in [1.29, 1.82) is 5.26 Å². The lowest BCUT2D eigenvalue weighted by atomic mass is 9.96. The Bertz CT molecular complexity index is 287. The van der Waals surface area contributed by atoms with Crippen LogP contribution in [0.3, 0.4) is 0 Å². The van der Waals surface area contributed by atoms with E-state index in [2.05, 4.69) is 15.4 Å². The molecule has 0 saturated carbocycles. The van der Waals surface area contributed by atoms with Gasteiger partial charge in [0.05, 0.1) is 0 Å². The van der Waals surface area contributed by atoms with Gasteiger partial charge in [0, 0.05) is 5.41 Å². The molecule has 1 heterocycles. The van der Waals surface area contributed by atoms with Crippen LogP contribution < -0.4 is 0 Å². The molecular formula is C6H9N5. The van der Waals surface area contributed by atoms with Crippen molar-refractivity contribution in [3.63, 3.8) is 0 Å². The molecule has 11 heavy (non-hydrogen) atoms. The van der Waals surface area contributed by atoms with Gasteiger partial charge in [-0.05, 0) is 5.21 Å². The Balaban J connectivity index is 3.01. The van der Waals surface area contributed by atoms with E-state index in [4.69, 9.17) is 5.26 Å². The fourth-order valence-corrected chi connectivity index (χ4v) is 0.557. The van der Waals surface area contributed by atoms with Crippen LogP contribution in [0.5, 0.6) is 0 Å². The van der Waals surface area contributed by atoms with Crippen molar-refractivity contribution in [2.45, 2.75) is 26.2 Å². The maximum atomic E-state index is 8.36. The highest BCUT2D eigenvalue weighted by Gasteiger charge is 2.19. The van der Waals surface area contributed by atoms with Gasteiger partial charge in [-0.1, -0.05) is 25.6 Å². The smallest absolute Gasteiger partial charge is 0.169 e. The number of hydrogen-bond acceptors (Lipinski definition) is 4. The molecule has 1 rings (SSSR count). The Hall–Kier alpha value is -1.44. The summed E-state index contributed by atoms with van der Waals surface area (Å²) < 4.78 is 0. The molecule has 0 aliphatic carbocycles. The van der Waals surface area contributed by atoms with E-state index in [-0.39, 0.29) is 5.41 Å². The minimum atomic E-state index is -0.144. The molecule has 0 bridgehead atoms. The first kappa shape index (κ1) is 7.66. The van der Waals surface area contributed by atoms with E-state index in [1.54, 1.807) is 6.19 Å². The highest BCUT2D eigenvalue weighted by Crippen LogP contribution is 2.15. The summed E-state index contributed by atoms with van der Waals surface area (Å²) in [6.45, 7) is 5.89. The first-order chi connectivity index (χ1) is 5.04. The molecule has 0 spiro atoms. The lowest BCUT2D eigenvalue weighted by molar-refractivity contribution is 0.544. The second-order valence-electron chi connectivity index (χ2n) is 3.25. The third-order valence-corrected chi connectivity index (χ3v) is 1.17. The van der Waals surface area contributed by atoms with E-state index in [9.17, 15) is 0 Å². The van der Waals surface area contributed by atoms with E-state index >= 15 is 0 Å². The van der Waals surface area contributed by atoms with Gasteiger partial charge >= 0.3 is 0 Å². The standard InChI is InChI=1S/C6H9N5/c1-6(2,3)5-8-10-11(4-7)9-5/h1-3H3. The van der Waals surface area contributed by atoms with Crippen molar-refractivity contribution in [3.05, 3.63) is 5.82 Å². The van der Waals surface area contributed by atoms with Gasteiger partial charge in [0.25, 0.3) is 0 Å². The third-order valence-electron chi connectivity index (χ3n) is 1.17. The third kappa shape index (κ3) is 1.52. The van der Waals surface area contributed by atoms with Gasteiger partial charge in [-0.3, -0.25) is 0 Å². The molecule has 0 N–H and O–H groups in total. The molecule has 1 aromatic heterocycles. The van der Waals surface area contributed by atoms with Crippen LogP contribution in [0, 0.1) is 11.5 Å². The Morgan fingerprint density at radius 2 is 2.09 bits per heavy atom. The van der Waals surface area contributed by atoms with Gasteiger partial charge in [-0.25, -0.2) is 0 Å². The molecule has 5 heteroatoms. The van der Waals surface area contributed by atoms with Crippen molar-refractivity contribution >= 4 is 0 Å². The number of nitriles is 1. The van der Waals surface area contributed by atoms with Gasteiger partial charge in [0.15, 0.2) is 5.82 Å². The Morgan fingerprint density at radius 1 is 1.45 bits per heavy atom. The topological polar surface area (TPSA) is 67.4 Å². The van der Waals surface area contributed by atoms with Gasteiger partial charge in [0.2, 0.25) is 6.19 Å².